The van der Waals surface area contributed by atoms with E-state index in [4.69, 9.17) is 23.7 Å². The van der Waals surface area contributed by atoms with Gasteiger partial charge in [-0.2, -0.15) is 0 Å². The van der Waals surface area contributed by atoms with Gasteiger partial charge in [0, 0.05) is 5.56 Å². The number of rotatable bonds is 5. The summed E-state index contributed by atoms with van der Waals surface area (Å²) in [5.41, 5.74) is 2.79. The van der Waals surface area contributed by atoms with E-state index >= 15 is 0 Å². The van der Waals surface area contributed by atoms with E-state index in [2.05, 4.69) is 5.32 Å². The smallest absolute Gasteiger partial charge is 0.407 e. The number of ether oxygens (including phenoxy) is 5. The average Bonchev–Trinajstić information content (AvgIpc) is 3.00. The maximum atomic E-state index is 12.7. The van der Waals surface area contributed by atoms with Crippen molar-refractivity contribution in [2.75, 3.05) is 35.5 Å². The third-order valence-corrected chi connectivity index (χ3v) is 5.20. The van der Waals surface area contributed by atoms with Crippen molar-refractivity contribution in [3.8, 4) is 34.1 Å². The van der Waals surface area contributed by atoms with Gasteiger partial charge in [0.1, 0.15) is 0 Å². The van der Waals surface area contributed by atoms with Crippen LogP contribution in [0.3, 0.4) is 0 Å². The molecule has 2 aromatic carbocycles. The summed E-state index contributed by atoms with van der Waals surface area (Å²) in [6, 6.07) is 6.33. The maximum absolute atomic E-state index is 12.7. The van der Waals surface area contributed by atoms with Crippen molar-refractivity contribution < 1.29 is 28.5 Å². The molecule has 0 saturated carbocycles. The second kappa shape index (κ2) is 8.94. The van der Waals surface area contributed by atoms with Crippen LogP contribution in [0.25, 0.3) is 11.1 Å². The van der Waals surface area contributed by atoms with E-state index in [1.165, 1.54) is 27.4 Å². The van der Waals surface area contributed by atoms with Crippen LogP contribution in [0.2, 0.25) is 0 Å². The number of carbonyl (C=O) groups is 1. The van der Waals surface area contributed by atoms with Crippen LogP contribution in [0.1, 0.15) is 23.6 Å². The summed E-state index contributed by atoms with van der Waals surface area (Å²) in [6.07, 6.45) is 0.564. The molecular weight excluding hydrogens is 390 g/mol. The molecule has 1 amide bonds. The lowest BCUT2D eigenvalue weighted by molar-refractivity contribution is 0.166. The summed E-state index contributed by atoms with van der Waals surface area (Å²) >= 11 is 0. The van der Waals surface area contributed by atoms with Crippen LogP contribution in [-0.4, -0.2) is 41.6 Å². The van der Waals surface area contributed by atoms with Gasteiger partial charge in [-0.1, -0.05) is 6.07 Å². The summed E-state index contributed by atoms with van der Waals surface area (Å²) in [7, 11) is 7.39. The molecule has 1 aliphatic carbocycles. The largest absolute Gasteiger partial charge is 0.493 e. The Kier molecular flexibility index (Phi) is 6.34. The van der Waals surface area contributed by atoms with Crippen LogP contribution < -0.4 is 29.7 Å². The van der Waals surface area contributed by atoms with E-state index in [-0.39, 0.29) is 11.2 Å². The fourth-order valence-electron chi connectivity index (χ4n) is 3.82. The van der Waals surface area contributed by atoms with Gasteiger partial charge in [0.05, 0.1) is 41.6 Å². The minimum absolute atomic E-state index is 0.195. The molecule has 0 fully saturated rings. The van der Waals surface area contributed by atoms with Crippen LogP contribution in [0.15, 0.2) is 29.1 Å². The van der Waals surface area contributed by atoms with E-state index in [0.717, 1.165) is 16.7 Å². The summed E-state index contributed by atoms with van der Waals surface area (Å²) < 4.78 is 26.8. The van der Waals surface area contributed by atoms with E-state index in [1.807, 2.05) is 6.07 Å². The normalized spacial score (nSPS) is 14.5. The Morgan fingerprint density at radius 1 is 0.933 bits per heavy atom. The van der Waals surface area contributed by atoms with Gasteiger partial charge in [-0.15, -0.1) is 0 Å². The van der Waals surface area contributed by atoms with E-state index < -0.39 is 12.1 Å². The number of methoxy groups -OCH3 is 5. The van der Waals surface area contributed by atoms with Crippen LogP contribution in [0.4, 0.5) is 4.79 Å². The third kappa shape index (κ3) is 3.72. The Bertz CT molecular complexity index is 1020. The first kappa shape index (κ1) is 21.3. The van der Waals surface area contributed by atoms with Gasteiger partial charge in [0.25, 0.3) is 0 Å². The fraction of sp³-hybridized carbons (Fsp3) is 0.364. The van der Waals surface area contributed by atoms with Crippen molar-refractivity contribution in [2.45, 2.75) is 18.9 Å². The summed E-state index contributed by atoms with van der Waals surface area (Å²) in [6.45, 7) is 0. The SMILES string of the molecule is COC(=O)N[C@H]1CCc2cc(OC)c(OC)c(OC)c2-c2ccc(OC)c(=O)cc21. The quantitative estimate of drug-likeness (QED) is 0.802. The number of alkyl carbamates (subject to hydrolysis) is 1. The zero-order valence-corrected chi connectivity index (χ0v) is 17.7. The highest BCUT2D eigenvalue weighted by Crippen LogP contribution is 2.50. The van der Waals surface area contributed by atoms with Gasteiger partial charge < -0.3 is 29.0 Å². The second-order valence-corrected chi connectivity index (χ2v) is 6.69. The molecule has 0 saturated heterocycles. The highest BCUT2D eigenvalue weighted by Gasteiger charge is 2.29. The molecule has 160 valence electrons. The fourth-order valence-corrected chi connectivity index (χ4v) is 3.82. The molecule has 0 unspecified atom stereocenters. The summed E-state index contributed by atoms with van der Waals surface area (Å²) in [5, 5.41) is 2.83. The minimum atomic E-state index is -0.579. The highest BCUT2D eigenvalue weighted by atomic mass is 16.5. The molecule has 8 heteroatoms. The Labute approximate surface area is 174 Å². The Morgan fingerprint density at radius 3 is 2.23 bits per heavy atom. The van der Waals surface area contributed by atoms with Gasteiger partial charge in [0.2, 0.25) is 11.2 Å². The van der Waals surface area contributed by atoms with Crippen molar-refractivity contribution in [1.82, 2.24) is 5.32 Å². The maximum Gasteiger partial charge on any atom is 0.407 e. The first-order chi connectivity index (χ1) is 14.5. The number of carbonyl (C=O) groups excluding carboxylic acids is 1. The molecule has 0 aliphatic heterocycles. The van der Waals surface area contributed by atoms with Crippen LogP contribution in [0, 0.1) is 0 Å². The van der Waals surface area contributed by atoms with Gasteiger partial charge in [-0.3, -0.25) is 4.79 Å². The van der Waals surface area contributed by atoms with Crippen LogP contribution in [-0.2, 0) is 11.2 Å². The molecular formula is C22H25NO7. The number of hydrogen-bond acceptors (Lipinski definition) is 7. The van der Waals surface area contributed by atoms with Gasteiger partial charge in [-0.25, -0.2) is 4.79 Å². The topological polar surface area (TPSA) is 92.3 Å². The monoisotopic (exact) mass is 415 g/mol. The van der Waals surface area contributed by atoms with E-state index in [1.54, 1.807) is 26.4 Å². The van der Waals surface area contributed by atoms with Crippen molar-refractivity contribution in [1.29, 1.82) is 0 Å². The first-order valence-corrected chi connectivity index (χ1v) is 9.37. The Morgan fingerprint density at radius 2 is 1.63 bits per heavy atom. The molecule has 30 heavy (non-hydrogen) atoms. The first-order valence-electron chi connectivity index (χ1n) is 9.37. The van der Waals surface area contributed by atoms with E-state index in [0.29, 0.717) is 35.7 Å². The molecule has 0 aromatic heterocycles. The van der Waals surface area contributed by atoms with Gasteiger partial charge in [-0.05, 0) is 47.7 Å². The Balaban J connectivity index is 2.38. The number of fused-ring (bicyclic) bond motifs is 3. The highest BCUT2D eigenvalue weighted by molar-refractivity contribution is 5.83. The molecule has 0 bridgehead atoms. The lowest BCUT2D eigenvalue weighted by Crippen LogP contribution is -2.28. The molecule has 0 heterocycles. The number of benzene rings is 1. The molecule has 3 rings (SSSR count). The predicted molar refractivity (Wildman–Crippen MR) is 111 cm³/mol. The number of aryl methyl sites for hydroxylation is 1. The summed E-state index contributed by atoms with van der Waals surface area (Å²) in [5.74, 6) is 1.67. The van der Waals surface area contributed by atoms with Gasteiger partial charge >= 0.3 is 6.09 Å². The molecule has 2 aromatic rings. The second-order valence-electron chi connectivity index (χ2n) is 6.69. The zero-order chi connectivity index (χ0) is 21.8. The Hall–Kier alpha value is -3.42. The molecule has 1 aliphatic rings. The number of amides is 1. The summed E-state index contributed by atoms with van der Waals surface area (Å²) in [4.78, 5) is 24.7. The molecule has 1 N–H and O–H groups in total. The number of hydrogen-bond donors (Lipinski definition) is 1. The van der Waals surface area contributed by atoms with E-state index in [9.17, 15) is 9.59 Å². The van der Waals surface area contributed by atoms with Crippen molar-refractivity contribution in [3.05, 3.63) is 45.6 Å². The van der Waals surface area contributed by atoms with Crippen molar-refractivity contribution >= 4 is 6.09 Å². The third-order valence-electron chi connectivity index (χ3n) is 5.20. The predicted octanol–water partition coefficient (Wildman–Crippen LogP) is 3.09. The average molecular weight is 415 g/mol. The molecule has 1 atom stereocenters. The lowest BCUT2D eigenvalue weighted by atomic mass is 9.95. The van der Waals surface area contributed by atoms with Gasteiger partial charge in [0.15, 0.2) is 17.2 Å². The number of nitrogens with one attached hydrogen (secondary N) is 1. The molecule has 8 nitrogen and oxygen atoms in total. The van der Waals surface area contributed by atoms with Crippen LogP contribution in [0.5, 0.6) is 23.0 Å². The zero-order valence-electron chi connectivity index (χ0n) is 17.7. The molecule has 0 spiro atoms. The lowest BCUT2D eigenvalue weighted by Gasteiger charge is -2.19. The van der Waals surface area contributed by atoms with Crippen molar-refractivity contribution in [2.24, 2.45) is 0 Å². The minimum Gasteiger partial charge on any atom is -0.493 e. The molecule has 0 radical (unpaired) electrons. The standard InChI is InChI=1S/C22H25NO7/c1-26-17-9-7-13-14(11-16(17)24)15(23-22(25)30-5)8-6-12-10-18(27-2)20(28-3)21(29-4)19(12)13/h7,9-11,15H,6,8H2,1-5H3,(H,23,25)/t15-/m0/s1. The van der Waals surface area contributed by atoms with Crippen molar-refractivity contribution in [3.63, 3.8) is 0 Å². The van der Waals surface area contributed by atoms with Crippen LogP contribution >= 0.6 is 0 Å².